The van der Waals surface area contributed by atoms with Crippen LogP contribution in [0.25, 0.3) is 0 Å². The fourth-order valence-electron chi connectivity index (χ4n) is 1.62. The van der Waals surface area contributed by atoms with E-state index < -0.39 is 0 Å². The molecule has 2 heteroatoms. The van der Waals surface area contributed by atoms with E-state index in [1.165, 1.54) is 32.1 Å². The van der Waals surface area contributed by atoms with Gasteiger partial charge in [0.1, 0.15) is 10.5 Å². The molecule has 0 bridgehead atoms. The Morgan fingerprint density at radius 2 is 1.92 bits per heavy atom. The van der Waals surface area contributed by atoms with Crippen molar-refractivity contribution in [3.8, 4) is 0 Å². The van der Waals surface area contributed by atoms with E-state index in [-0.39, 0.29) is 0 Å². The van der Waals surface area contributed by atoms with Gasteiger partial charge in [0.15, 0.2) is 0 Å². The Labute approximate surface area is 80.4 Å². The van der Waals surface area contributed by atoms with E-state index in [0.29, 0.717) is 6.10 Å². The molecule has 0 aromatic carbocycles. The molecule has 0 aliphatic rings. The molecule has 0 aliphatic heterocycles. The van der Waals surface area contributed by atoms with Crippen molar-refractivity contribution in [3.05, 3.63) is 0 Å². The molecule has 0 N–H and O–H groups in total. The summed E-state index contributed by atoms with van der Waals surface area (Å²) in [6.45, 7) is 6.74. The topological polar surface area (TPSA) is 9.23 Å². The molecular formula is C10H24OSi. The number of rotatable bonds is 7. The van der Waals surface area contributed by atoms with Crippen LogP contribution in [0, 0.1) is 5.92 Å². The van der Waals surface area contributed by atoms with Gasteiger partial charge in [-0.2, -0.15) is 0 Å². The minimum absolute atomic E-state index is 0.499. The van der Waals surface area contributed by atoms with E-state index in [1.54, 1.807) is 0 Å². The molecule has 0 radical (unpaired) electrons. The molecule has 0 saturated heterocycles. The summed E-state index contributed by atoms with van der Waals surface area (Å²) in [4.78, 5) is 0. The van der Waals surface area contributed by atoms with Crippen molar-refractivity contribution in [2.45, 2.75) is 59.0 Å². The van der Waals surface area contributed by atoms with Crippen LogP contribution in [0.15, 0.2) is 0 Å². The van der Waals surface area contributed by atoms with Crippen LogP contribution in [0.5, 0.6) is 0 Å². The van der Waals surface area contributed by atoms with Crippen LogP contribution >= 0.6 is 0 Å². The molecule has 0 rings (SSSR count). The molecule has 0 heterocycles. The first kappa shape index (κ1) is 12.2. The number of unbranched alkanes of at least 4 members (excludes halogenated alkanes) is 2. The van der Waals surface area contributed by atoms with Crippen molar-refractivity contribution < 1.29 is 4.43 Å². The van der Waals surface area contributed by atoms with Crippen molar-refractivity contribution in [1.29, 1.82) is 0 Å². The summed E-state index contributed by atoms with van der Waals surface area (Å²) in [6.07, 6.45) is 7.21. The summed E-state index contributed by atoms with van der Waals surface area (Å²) in [5.41, 5.74) is 0. The minimum Gasteiger partial charge on any atom is -0.425 e. The quantitative estimate of drug-likeness (QED) is 0.440. The Morgan fingerprint density at radius 3 is 2.33 bits per heavy atom. The zero-order valence-electron chi connectivity index (χ0n) is 9.10. The second kappa shape index (κ2) is 7.81. The lowest BCUT2D eigenvalue weighted by Crippen LogP contribution is -2.19. The highest BCUT2D eigenvalue weighted by Gasteiger charge is 2.12. The molecule has 0 aliphatic carbocycles. The van der Waals surface area contributed by atoms with Crippen molar-refractivity contribution in [1.82, 2.24) is 0 Å². The fraction of sp³-hybridized carbons (Fsp3) is 1.00. The maximum absolute atomic E-state index is 5.47. The highest BCUT2D eigenvalue weighted by molar-refractivity contribution is 5.98. The highest BCUT2D eigenvalue weighted by Crippen LogP contribution is 2.18. The molecule has 0 amide bonds. The van der Waals surface area contributed by atoms with Crippen LogP contribution < -0.4 is 0 Å². The summed E-state index contributed by atoms with van der Waals surface area (Å²) in [5.74, 6) is 0.800. The van der Waals surface area contributed by atoms with Gasteiger partial charge in [0, 0.05) is 6.10 Å². The zero-order chi connectivity index (χ0) is 9.40. The molecule has 0 saturated carbocycles. The lowest BCUT2D eigenvalue weighted by atomic mass is 9.94. The summed E-state index contributed by atoms with van der Waals surface area (Å²) < 4.78 is 5.47. The maximum atomic E-state index is 5.47. The van der Waals surface area contributed by atoms with Crippen LogP contribution in [-0.2, 0) is 4.43 Å². The van der Waals surface area contributed by atoms with Crippen LogP contribution in [0.3, 0.4) is 0 Å². The predicted molar refractivity (Wildman–Crippen MR) is 58.4 cm³/mol. The van der Waals surface area contributed by atoms with Crippen molar-refractivity contribution in [2.75, 3.05) is 0 Å². The zero-order valence-corrected chi connectivity index (χ0v) is 11.1. The third kappa shape index (κ3) is 4.94. The summed E-state index contributed by atoms with van der Waals surface area (Å²) in [5, 5.41) is 0. The van der Waals surface area contributed by atoms with Gasteiger partial charge in [0.25, 0.3) is 0 Å². The average Bonchev–Trinajstić information content (AvgIpc) is 2.11. The molecule has 74 valence electrons. The molecule has 0 aromatic heterocycles. The molecule has 0 aromatic rings. The summed E-state index contributed by atoms with van der Waals surface area (Å²) in [7, 11) is 0.885. The fourth-order valence-corrected chi connectivity index (χ4v) is 2.00. The van der Waals surface area contributed by atoms with Crippen molar-refractivity contribution in [3.63, 3.8) is 0 Å². The Kier molecular flexibility index (Phi) is 7.92. The van der Waals surface area contributed by atoms with Gasteiger partial charge in [-0.1, -0.05) is 39.5 Å². The van der Waals surface area contributed by atoms with Gasteiger partial charge in [-0.25, -0.2) is 0 Å². The van der Waals surface area contributed by atoms with Crippen molar-refractivity contribution >= 4 is 10.5 Å². The van der Waals surface area contributed by atoms with Crippen molar-refractivity contribution in [2.24, 2.45) is 5.92 Å². The van der Waals surface area contributed by atoms with E-state index in [0.717, 1.165) is 16.4 Å². The smallest absolute Gasteiger partial charge is 0.146 e. The lowest BCUT2D eigenvalue weighted by molar-refractivity contribution is 0.153. The molecule has 0 spiro atoms. The first-order valence-electron chi connectivity index (χ1n) is 5.29. The third-order valence-electron chi connectivity index (χ3n) is 2.74. The van der Waals surface area contributed by atoms with Crippen LogP contribution in [0.4, 0.5) is 0 Å². The van der Waals surface area contributed by atoms with Gasteiger partial charge in [-0.05, 0) is 19.3 Å². The van der Waals surface area contributed by atoms with E-state index in [2.05, 4.69) is 20.8 Å². The standard InChI is InChI=1S/C10H24OSi/c1-4-6-7-8-10(5-2)9(3)11-12/h9-10H,4-8H2,1-3,12H3. The van der Waals surface area contributed by atoms with Gasteiger partial charge < -0.3 is 4.43 Å². The predicted octanol–water partition coefficient (Wildman–Crippen LogP) is 2.28. The van der Waals surface area contributed by atoms with E-state index >= 15 is 0 Å². The molecule has 1 nitrogen and oxygen atoms in total. The van der Waals surface area contributed by atoms with Gasteiger partial charge in [-0.3, -0.25) is 0 Å². The lowest BCUT2D eigenvalue weighted by Gasteiger charge is -2.21. The SMILES string of the molecule is CCCCCC(CC)C(C)O[SiH3]. The maximum Gasteiger partial charge on any atom is 0.146 e. The van der Waals surface area contributed by atoms with Crippen LogP contribution in [0.1, 0.15) is 52.9 Å². The number of hydrogen-bond acceptors (Lipinski definition) is 1. The normalized spacial score (nSPS) is 16.2. The molecular weight excluding hydrogens is 164 g/mol. The molecule has 0 fully saturated rings. The van der Waals surface area contributed by atoms with Gasteiger partial charge >= 0.3 is 0 Å². The first-order chi connectivity index (χ1) is 5.76. The van der Waals surface area contributed by atoms with E-state index in [1.807, 2.05) is 0 Å². The monoisotopic (exact) mass is 188 g/mol. The van der Waals surface area contributed by atoms with Gasteiger partial charge in [0.05, 0.1) is 0 Å². The Balaban J connectivity index is 3.52. The molecule has 2 atom stereocenters. The highest BCUT2D eigenvalue weighted by atomic mass is 28.2. The van der Waals surface area contributed by atoms with E-state index in [9.17, 15) is 0 Å². The average molecular weight is 188 g/mol. The van der Waals surface area contributed by atoms with Crippen LogP contribution in [-0.4, -0.2) is 16.6 Å². The Morgan fingerprint density at radius 1 is 1.25 bits per heavy atom. The second-order valence-corrected chi connectivity index (χ2v) is 4.08. The first-order valence-corrected chi connectivity index (χ1v) is 6.10. The minimum atomic E-state index is 0.499. The van der Waals surface area contributed by atoms with Crippen LogP contribution in [0.2, 0.25) is 0 Å². The summed E-state index contributed by atoms with van der Waals surface area (Å²) in [6, 6.07) is 0. The Bertz CT molecular complexity index is 95.8. The number of hydrogen-bond donors (Lipinski definition) is 0. The summed E-state index contributed by atoms with van der Waals surface area (Å²) >= 11 is 0. The molecule has 2 unspecified atom stereocenters. The largest absolute Gasteiger partial charge is 0.425 e. The second-order valence-electron chi connectivity index (χ2n) is 3.60. The Hall–Kier alpha value is 0.177. The van der Waals surface area contributed by atoms with Gasteiger partial charge in [0.2, 0.25) is 0 Å². The third-order valence-corrected chi connectivity index (χ3v) is 3.48. The van der Waals surface area contributed by atoms with E-state index in [4.69, 9.17) is 4.43 Å². The van der Waals surface area contributed by atoms with Gasteiger partial charge in [-0.15, -0.1) is 0 Å². The molecule has 12 heavy (non-hydrogen) atoms.